The molecule has 0 aromatic carbocycles. The van der Waals surface area contributed by atoms with Crippen molar-refractivity contribution in [2.45, 2.75) is 26.3 Å². The number of piperazine rings is 1. The number of anilines is 1. The second-order valence-electron chi connectivity index (χ2n) is 4.74. The maximum absolute atomic E-state index is 13.9. The van der Waals surface area contributed by atoms with Crippen LogP contribution in [0.3, 0.4) is 0 Å². The molecule has 1 aromatic heterocycles. The lowest BCUT2D eigenvalue weighted by Crippen LogP contribution is -2.58. The van der Waals surface area contributed by atoms with Crippen LogP contribution in [0.15, 0.2) is 6.33 Å². The Bertz CT molecular complexity index is 392. The third-order valence-corrected chi connectivity index (χ3v) is 3.00. The molecule has 0 atom stereocenters. The molecule has 0 spiro atoms. The van der Waals surface area contributed by atoms with Gasteiger partial charge >= 0.3 is 0 Å². The normalized spacial score (nSPS) is 19.9. The highest BCUT2D eigenvalue weighted by Gasteiger charge is 2.32. The fourth-order valence-corrected chi connectivity index (χ4v) is 2.01. The van der Waals surface area contributed by atoms with Crippen molar-refractivity contribution in [1.29, 1.82) is 0 Å². The van der Waals surface area contributed by atoms with Crippen molar-refractivity contribution >= 4 is 5.82 Å². The van der Waals surface area contributed by atoms with Crippen molar-refractivity contribution in [3.05, 3.63) is 17.8 Å². The van der Waals surface area contributed by atoms with Crippen LogP contribution in [0.25, 0.3) is 0 Å². The number of aromatic nitrogens is 2. The van der Waals surface area contributed by atoms with E-state index in [9.17, 15) is 4.39 Å². The molecule has 4 nitrogen and oxygen atoms in total. The molecule has 2 rings (SSSR count). The molecule has 1 saturated heterocycles. The van der Waals surface area contributed by atoms with Crippen LogP contribution >= 0.6 is 0 Å². The molecule has 1 N–H and O–H groups in total. The van der Waals surface area contributed by atoms with Crippen LogP contribution in [0.1, 0.15) is 19.5 Å². The summed E-state index contributed by atoms with van der Waals surface area (Å²) in [5, 5.41) is 3.30. The molecule has 1 fully saturated rings. The summed E-state index contributed by atoms with van der Waals surface area (Å²) in [5.74, 6) is 0.108. The van der Waals surface area contributed by atoms with Crippen LogP contribution < -0.4 is 10.2 Å². The van der Waals surface area contributed by atoms with Crippen molar-refractivity contribution in [2.75, 3.05) is 24.5 Å². The van der Waals surface area contributed by atoms with Crippen molar-refractivity contribution in [1.82, 2.24) is 15.3 Å². The summed E-state index contributed by atoms with van der Waals surface area (Å²) in [6.07, 6.45) is 1.42. The van der Waals surface area contributed by atoms with Crippen molar-refractivity contribution in [3.63, 3.8) is 0 Å². The quantitative estimate of drug-likeness (QED) is 0.776. The van der Waals surface area contributed by atoms with Crippen LogP contribution in [0.2, 0.25) is 0 Å². The predicted octanol–water partition coefficient (Wildman–Crippen LogP) is 1.11. The molecule has 1 aromatic rings. The zero-order valence-electron chi connectivity index (χ0n) is 9.92. The van der Waals surface area contributed by atoms with Gasteiger partial charge in [0.1, 0.15) is 6.33 Å². The summed E-state index contributed by atoms with van der Waals surface area (Å²) in [5.41, 5.74) is 0.277. The standard InChI is InChI=1S/C11H17FN4/c1-8-9(12)10(15-7-14-8)16-5-4-13-6-11(16,2)3/h7,13H,4-6H2,1-3H3. The first-order valence-electron chi connectivity index (χ1n) is 5.48. The summed E-state index contributed by atoms with van der Waals surface area (Å²) in [6, 6.07) is 0. The van der Waals surface area contributed by atoms with Crippen molar-refractivity contribution < 1.29 is 4.39 Å². The van der Waals surface area contributed by atoms with Gasteiger partial charge in [0, 0.05) is 25.2 Å². The highest BCUT2D eigenvalue weighted by molar-refractivity contribution is 5.44. The highest BCUT2D eigenvalue weighted by Crippen LogP contribution is 2.26. The first-order valence-corrected chi connectivity index (χ1v) is 5.48. The van der Waals surface area contributed by atoms with E-state index in [2.05, 4.69) is 29.1 Å². The van der Waals surface area contributed by atoms with Gasteiger partial charge in [-0.3, -0.25) is 0 Å². The van der Waals surface area contributed by atoms with Crippen molar-refractivity contribution in [3.8, 4) is 0 Å². The number of nitrogens with one attached hydrogen (secondary N) is 1. The molecule has 0 radical (unpaired) electrons. The van der Waals surface area contributed by atoms with E-state index in [4.69, 9.17) is 0 Å². The van der Waals surface area contributed by atoms with Gasteiger partial charge in [0.15, 0.2) is 11.6 Å². The monoisotopic (exact) mass is 224 g/mol. The van der Waals surface area contributed by atoms with Gasteiger partial charge in [-0.1, -0.05) is 0 Å². The van der Waals surface area contributed by atoms with Crippen LogP contribution in [-0.2, 0) is 0 Å². The Morgan fingerprint density at radius 1 is 1.44 bits per heavy atom. The molecular weight excluding hydrogens is 207 g/mol. The van der Waals surface area contributed by atoms with Crippen LogP contribution in [0.4, 0.5) is 10.2 Å². The SMILES string of the molecule is Cc1ncnc(N2CCNCC2(C)C)c1F. The lowest BCUT2D eigenvalue weighted by atomic mass is 10.00. The zero-order chi connectivity index (χ0) is 11.8. The maximum Gasteiger partial charge on any atom is 0.186 e. The Labute approximate surface area is 94.9 Å². The molecule has 1 aliphatic heterocycles. The molecular formula is C11H17FN4. The second-order valence-corrected chi connectivity index (χ2v) is 4.74. The van der Waals surface area contributed by atoms with Gasteiger partial charge in [0.05, 0.1) is 5.69 Å². The number of aryl methyl sites for hydroxylation is 1. The van der Waals surface area contributed by atoms with Gasteiger partial charge in [-0.2, -0.15) is 0 Å². The van der Waals surface area contributed by atoms with E-state index >= 15 is 0 Å². The lowest BCUT2D eigenvalue weighted by Gasteiger charge is -2.43. The van der Waals surface area contributed by atoms with E-state index < -0.39 is 0 Å². The lowest BCUT2D eigenvalue weighted by molar-refractivity contribution is 0.372. The summed E-state index contributed by atoms with van der Waals surface area (Å²) in [6.45, 7) is 8.27. The number of hydrogen-bond acceptors (Lipinski definition) is 4. The molecule has 2 heterocycles. The number of hydrogen-bond donors (Lipinski definition) is 1. The van der Waals surface area contributed by atoms with E-state index in [0.717, 1.165) is 19.6 Å². The summed E-state index contributed by atoms with van der Waals surface area (Å²) in [4.78, 5) is 9.93. The topological polar surface area (TPSA) is 41.1 Å². The minimum atomic E-state index is -0.308. The van der Waals surface area contributed by atoms with Crippen LogP contribution in [0, 0.1) is 12.7 Å². The molecule has 16 heavy (non-hydrogen) atoms. The minimum Gasteiger partial charge on any atom is -0.346 e. The fraction of sp³-hybridized carbons (Fsp3) is 0.636. The van der Waals surface area contributed by atoms with E-state index in [-0.39, 0.29) is 11.4 Å². The van der Waals surface area contributed by atoms with E-state index in [1.165, 1.54) is 6.33 Å². The molecule has 0 unspecified atom stereocenters. The molecule has 0 amide bonds. The third-order valence-electron chi connectivity index (χ3n) is 3.00. The van der Waals surface area contributed by atoms with Crippen LogP contribution in [0.5, 0.6) is 0 Å². The average Bonchev–Trinajstić information content (AvgIpc) is 2.22. The number of nitrogens with zero attached hydrogens (tertiary/aromatic N) is 3. The first kappa shape index (κ1) is 11.3. The molecule has 0 bridgehead atoms. The number of halogens is 1. The van der Waals surface area contributed by atoms with Gasteiger partial charge in [-0.15, -0.1) is 0 Å². The van der Waals surface area contributed by atoms with Crippen molar-refractivity contribution in [2.24, 2.45) is 0 Å². The smallest absolute Gasteiger partial charge is 0.186 e. The van der Waals surface area contributed by atoms with Gasteiger partial charge in [0.2, 0.25) is 0 Å². The Hall–Kier alpha value is -1.23. The average molecular weight is 224 g/mol. The largest absolute Gasteiger partial charge is 0.346 e. The Morgan fingerprint density at radius 2 is 2.19 bits per heavy atom. The highest BCUT2D eigenvalue weighted by atomic mass is 19.1. The third kappa shape index (κ3) is 1.87. The number of rotatable bonds is 1. The molecule has 5 heteroatoms. The van der Waals surface area contributed by atoms with E-state index in [1.807, 2.05) is 4.90 Å². The summed E-state index contributed by atoms with van der Waals surface area (Å²) in [7, 11) is 0. The van der Waals surface area contributed by atoms with Gasteiger partial charge in [-0.05, 0) is 20.8 Å². The Balaban J connectivity index is 2.39. The van der Waals surface area contributed by atoms with Gasteiger partial charge < -0.3 is 10.2 Å². The molecule has 1 aliphatic rings. The van der Waals surface area contributed by atoms with Crippen LogP contribution in [-0.4, -0.2) is 35.1 Å². The fourth-order valence-electron chi connectivity index (χ4n) is 2.01. The summed E-state index contributed by atoms with van der Waals surface area (Å²) >= 11 is 0. The molecule has 88 valence electrons. The van der Waals surface area contributed by atoms with Gasteiger partial charge in [0.25, 0.3) is 0 Å². The zero-order valence-corrected chi connectivity index (χ0v) is 9.92. The maximum atomic E-state index is 13.9. The summed E-state index contributed by atoms with van der Waals surface area (Å²) < 4.78 is 13.9. The van der Waals surface area contributed by atoms with E-state index in [0.29, 0.717) is 11.5 Å². The minimum absolute atomic E-state index is 0.125. The van der Waals surface area contributed by atoms with E-state index in [1.54, 1.807) is 6.92 Å². The predicted molar refractivity (Wildman–Crippen MR) is 61.0 cm³/mol. The Morgan fingerprint density at radius 3 is 2.88 bits per heavy atom. The first-order chi connectivity index (χ1) is 7.52. The molecule has 0 aliphatic carbocycles. The Kier molecular flexibility index (Phi) is 2.80. The second kappa shape index (κ2) is 3.97. The molecule has 0 saturated carbocycles. The van der Waals surface area contributed by atoms with Gasteiger partial charge in [-0.25, -0.2) is 14.4 Å².